The SMILES string of the molecule is O=C(COc1ccccc1-c1ccccc1)Nc1ccc(F)cc1F. The molecule has 0 aliphatic rings. The third-order valence-electron chi connectivity index (χ3n) is 3.54. The van der Waals surface area contributed by atoms with Crippen molar-refractivity contribution in [3.05, 3.63) is 84.4 Å². The van der Waals surface area contributed by atoms with E-state index in [0.717, 1.165) is 17.2 Å². The first-order chi connectivity index (χ1) is 12.1. The van der Waals surface area contributed by atoms with Gasteiger partial charge in [-0.25, -0.2) is 8.78 Å². The number of benzene rings is 3. The number of para-hydroxylation sites is 1. The molecule has 3 nitrogen and oxygen atoms in total. The van der Waals surface area contributed by atoms with Gasteiger partial charge in [-0.3, -0.25) is 4.79 Å². The first kappa shape index (κ1) is 16.6. The van der Waals surface area contributed by atoms with E-state index < -0.39 is 17.5 Å². The molecule has 0 aliphatic heterocycles. The zero-order valence-corrected chi connectivity index (χ0v) is 13.2. The van der Waals surface area contributed by atoms with E-state index in [1.54, 1.807) is 12.1 Å². The Morgan fingerprint density at radius 3 is 2.40 bits per heavy atom. The molecule has 0 heterocycles. The normalized spacial score (nSPS) is 10.3. The first-order valence-corrected chi connectivity index (χ1v) is 7.65. The monoisotopic (exact) mass is 339 g/mol. The highest BCUT2D eigenvalue weighted by Gasteiger charge is 2.11. The van der Waals surface area contributed by atoms with Gasteiger partial charge in [-0.1, -0.05) is 48.5 Å². The van der Waals surface area contributed by atoms with Crippen molar-refractivity contribution in [2.75, 3.05) is 11.9 Å². The number of carbonyl (C=O) groups excluding carboxylic acids is 1. The van der Waals surface area contributed by atoms with Crippen molar-refractivity contribution in [3.63, 3.8) is 0 Å². The van der Waals surface area contributed by atoms with Crippen molar-refractivity contribution in [3.8, 4) is 16.9 Å². The second-order valence-electron chi connectivity index (χ2n) is 5.32. The van der Waals surface area contributed by atoms with E-state index in [1.807, 2.05) is 42.5 Å². The highest BCUT2D eigenvalue weighted by atomic mass is 19.1. The van der Waals surface area contributed by atoms with E-state index in [4.69, 9.17) is 4.74 Å². The van der Waals surface area contributed by atoms with Crippen LogP contribution in [-0.4, -0.2) is 12.5 Å². The minimum atomic E-state index is -0.835. The van der Waals surface area contributed by atoms with E-state index >= 15 is 0 Å². The van der Waals surface area contributed by atoms with Crippen molar-refractivity contribution >= 4 is 11.6 Å². The van der Waals surface area contributed by atoms with Gasteiger partial charge in [-0.05, 0) is 23.8 Å². The second-order valence-corrected chi connectivity index (χ2v) is 5.32. The lowest BCUT2D eigenvalue weighted by atomic mass is 10.1. The maximum atomic E-state index is 13.6. The van der Waals surface area contributed by atoms with Crippen molar-refractivity contribution in [2.45, 2.75) is 0 Å². The molecule has 0 aliphatic carbocycles. The molecule has 0 fully saturated rings. The highest BCUT2D eigenvalue weighted by molar-refractivity contribution is 5.92. The summed E-state index contributed by atoms with van der Waals surface area (Å²) in [5, 5.41) is 2.36. The number of amides is 1. The lowest BCUT2D eigenvalue weighted by molar-refractivity contribution is -0.118. The fraction of sp³-hybridized carbons (Fsp3) is 0.0500. The van der Waals surface area contributed by atoms with Gasteiger partial charge in [0, 0.05) is 11.6 Å². The van der Waals surface area contributed by atoms with Crippen molar-refractivity contribution in [1.82, 2.24) is 0 Å². The van der Waals surface area contributed by atoms with Gasteiger partial charge in [0.25, 0.3) is 5.91 Å². The fourth-order valence-corrected chi connectivity index (χ4v) is 2.37. The summed E-state index contributed by atoms with van der Waals surface area (Å²) in [6.45, 7) is -0.291. The number of halogens is 2. The molecule has 0 bridgehead atoms. The van der Waals surface area contributed by atoms with Crippen LogP contribution in [0.1, 0.15) is 0 Å². The van der Waals surface area contributed by atoms with E-state index in [1.165, 1.54) is 6.07 Å². The lowest BCUT2D eigenvalue weighted by Gasteiger charge is -2.12. The molecule has 0 spiro atoms. The highest BCUT2D eigenvalue weighted by Crippen LogP contribution is 2.29. The van der Waals surface area contributed by atoms with Crippen LogP contribution in [0.5, 0.6) is 5.75 Å². The third-order valence-corrected chi connectivity index (χ3v) is 3.54. The molecular weight excluding hydrogens is 324 g/mol. The van der Waals surface area contributed by atoms with Gasteiger partial charge in [0.15, 0.2) is 6.61 Å². The Morgan fingerprint density at radius 1 is 0.920 bits per heavy atom. The fourth-order valence-electron chi connectivity index (χ4n) is 2.37. The number of rotatable bonds is 5. The summed E-state index contributed by atoms with van der Waals surface area (Å²) in [5.41, 5.74) is 1.72. The van der Waals surface area contributed by atoms with Crippen LogP contribution < -0.4 is 10.1 Å². The standard InChI is InChI=1S/C20H15F2NO2/c21-15-10-11-18(17(22)12-15)23-20(24)13-25-19-9-5-4-8-16(19)14-6-2-1-3-7-14/h1-12H,13H2,(H,23,24). The molecule has 126 valence electrons. The number of ether oxygens (including phenoxy) is 1. The summed E-state index contributed by atoms with van der Waals surface area (Å²) in [4.78, 5) is 12.0. The molecule has 1 N–H and O–H groups in total. The second kappa shape index (κ2) is 7.57. The zero-order chi connectivity index (χ0) is 17.6. The van der Waals surface area contributed by atoms with Gasteiger partial charge in [-0.15, -0.1) is 0 Å². The van der Waals surface area contributed by atoms with Gasteiger partial charge in [0.05, 0.1) is 5.69 Å². The Kier molecular flexibility index (Phi) is 5.04. The Balaban J connectivity index is 1.69. The number of carbonyl (C=O) groups is 1. The number of anilines is 1. The van der Waals surface area contributed by atoms with Crippen LogP contribution in [0.4, 0.5) is 14.5 Å². The van der Waals surface area contributed by atoms with E-state index in [9.17, 15) is 13.6 Å². The van der Waals surface area contributed by atoms with Gasteiger partial charge >= 0.3 is 0 Å². The minimum Gasteiger partial charge on any atom is -0.483 e. The molecule has 1 amide bonds. The van der Waals surface area contributed by atoms with Gasteiger partial charge in [-0.2, -0.15) is 0 Å². The summed E-state index contributed by atoms with van der Waals surface area (Å²) in [6, 6.07) is 19.9. The smallest absolute Gasteiger partial charge is 0.262 e. The molecule has 3 rings (SSSR count). The summed E-state index contributed by atoms with van der Waals surface area (Å²) in [6.07, 6.45) is 0. The molecule has 5 heteroatoms. The molecule has 3 aromatic rings. The molecular formula is C20H15F2NO2. The van der Waals surface area contributed by atoms with Gasteiger partial charge in [0.2, 0.25) is 0 Å². The van der Waals surface area contributed by atoms with Crippen LogP contribution in [-0.2, 0) is 4.79 Å². The zero-order valence-electron chi connectivity index (χ0n) is 13.2. The summed E-state index contributed by atoms with van der Waals surface area (Å²) in [7, 11) is 0. The number of nitrogens with one attached hydrogen (secondary N) is 1. The van der Waals surface area contributed by atoms with E-state index in [0.29, 0.717) is 11.8 Å². The van der Waals surface area contributed by atoms with Crippen LogP contribution in [0.2, 0.25) is 0 Å². The van der Waals surface area contributed by atoms with E-state index in [2.05, 4.69) is 5.32 Å². The predicted molar refractivity (Wildman–Crippen MR) is 92.4 cm³/mol. The van der Waals surface area contributed by atoms with Crippen LogP contribution in [0.3, 0.4) is 0 Å². The van der Waals surface area contributed by atoms with Crippen LogP contribution in [0.25, 0.3) is 11.1 Å². The Hall–Kier alpha value is -3.21. The molecule has 0 atom stereocenters. The molecule has 25 heavy (non-hydrogen) atoms. The average Bonchev–Trinajstić information content (AvgIpc) is 2.63. The van der Waals surface area contributed by atoms with Crippen molar-refractivity contribution in [1.29, 1.82) is 0 Å². The molecule has 0 saturated carbocycles. The third kappa shape index (κ3) is 4.20. The predicted octanol–water partition coefficient (Wildman–Crippen LogP) is 4.65. The summed E-state index contributed by atoms with van der Waals surface area (Å²) < 4.78 is 32.0. The Morgan fingerprint density at radius 2 is 1.64 bits per heavy atom. The number of hydrogen-bond acceptors (Lipinski definition) is 2. The molecule has 3 aromatic carbocycles. The number of hydrogen-bond donors (Lipinski definition) is 1. The summed E-state index contributed by atoms with van der Waals surface area (Å²) in [5.74, 6) is -1.53. The average molecular weight is 339 g/mol. The lowest BCUT2D eigenvalue weighted by Crippen LogP contribution is -2.21. The maximum absolute atomic E-state index is 13.6. The molecule has 0 aromatic heterocycles. The summed E-state index contributed by atoms with van der Waals surface area (Å²) >= 11 is 0. The molecule has 0 unspecified atom stereocenters. The Bertz CT molecular complexity index is 882. The van der Waals surface area contributed by atoms with E-state index in [-0.39, 0.29) is 12.3 Å². The van der Waals surface area contributed by atoms with Gasteiger partial charge in [0.1, 0.15) is 17.4 Å². The van der Waals surface area contributed by atoms with Crippen LogP contribution >= 0.6 is 0 Å². The maximum Gasteiger partial charge on any atom is 0.262 e. The first-order valence-electron chi connectivity index (χ1n) is 7.65. The van der Waals surface area contributed by atoms with Crippen molar-refractivity contribution in [2.24, 2.45) is 0 Å². The quantitative estimate of drug-likeness (QED) is 0.735. The van der Waals surface area contributed by atoms with Gasteiger partial charge < -0.3 is 10.1 Å². The molecule has 0 saturated heterocycles. The van der Waals surface area contributed by atoms with Crippen LogP contribution in [0.15, 0.2) is 72.8 Å². The topological polar surface area (TPSA) is 38.3 Å². The molecule has 0 radical (unpaired) electrons. The van der Waals surface area contributed by atoms with Crippen molar-refractivity contribution < 1.29 is 18.3 Å². The minimum absolute atomic E-state index is 0.0913. The Labute approximate surface area is 143 Å². The largest absolute Gasteiger partial charge is 0.483 e. The van der Waals surface area contributed by atoms with Crippen LogP contribution in [0, 0.1) is 11.6 Å².